The largest absolute Gasteiger partial charge is 0.483 e. The van der Waals surface area contributed by atoms with Crippen LogP contribution in [0.15, 0.2) is 24.3 Å². The number of allylic oxidation sites excluding steroid dienone is 1. The zero-order valence-electron chi connectivity index (χ0n) is 12.2. The minimum atomic E-state index is -0.240. The molecule has 0 saturated heterocycles. The second kappa shape index (κ2) is 3.86. The molecule has 102 valence electrons. The van der Waals surface area contributed by atoms with Crippen molar-refractivity contribution in [3.63, 3.8) is 0 Å². The maximum atomic E-state index is 9.33. The molecule has 3 rings (SSSR count). The van der Waals surface area contributed by atoms with Crippen molar-refractivity contribution in [2.45, 2.75) is 45.1 Å². The highest BCUT2D eigenvalue weighted by Crippen LogP contribution is 2.54. The number of fused-ring (bicyclic) bond motifs is 1. The molecule has 1 fully saturated rings. The lowest BCUT2D eigenvalue weighted by Gasteiger charge is -2.31. The molecule has 1 aromatic carbocycles. The highest BCUT2D eigenvalue weighted by atomic mass is 16.5. The van der Waals surface area contributed by atoms with E-state index in [1.165, 1.54) is 16.7 Å². The Balaban J connectivity index is 2.00. The predicted octanol–water partition coefficient (Wildman–Crippen LogP) is 3.53. The molecule has 2 nitrogen and oxygen atoms in total. The van der Waals surface area contributed by atoms with Crippen LogP contribution >= 0.6 is 0 Å². The Kier molecular flexibility index (Phi) is 2.59. The Morgan fingerprint density at radius 1 is 1.32 bits per heavy atom. The molecule has 0 amide bonds. The molecule has 2 aliphatic rings. The maximum absolute atomic E-state index is 9.33. The Morgan fingerprint density at radius 2 is 2.05 bits per heavy atom. The highest BCUT2D eigenvalue weighted by Gasteiger charge is 2.50. The summed E-state index contributed by atoms with van der Waals surface area (Å²) in [5.41, 5.74) is 3.64. The summed E-state index contributed by atoms with van der Waals surface area (Å²) in [6.45, 7) is 8.81. The van der Waals surface area contributed by atoms with Gasteiger partial charge in [0.2, 0.25) is 0 Å². The molecule has 0 bridgehead atoms. The van der Waals surface area contributed by atoms with Crippen molar-refractivity contribution in [3.05, 3.63) is 35.4 Å². The van der Waals surface area contributed by atoms with E-state index in [0.717, 1.165) is 12.2 Å². The van der Waals surface area contributed by atoms with Crippen molar-refractivity contribution in [2.24, 2.45) is 5.92 Å². The molecule has 0 spiro atoms. The zero-order chi connectivity index (χ0) is 13.8. The third-order valence-corrected chi connectivity index (χ3v) is 4.63. The fourth-order valence-electron chi connectivity index (χ4n) is 3.27. The maximum Gasteiger partial charge on any atom is 0.128 e. The first-order valence-electron chi connectivity index (χ1n) is 7.00. The molecule has 19 heavy (non-hydrogen) atoms. The number of rotatable bonds is 2. The van der Waals surface area contributed by atoms with Crippen LogP contribution < -0.4 is 4.74 Å². The van der Waals surface area contributed by atoms with Crippen LogP contribution in [-0.2, 0) is 5.41 Å². The number of benzene rings is 1. The summed E-state index contributed by atoms with van der Waals surface area (Å²) in [6, 6.07) is 6.51. The van der Waals surface area contributed by atoms with Gasteiger partial charge in [-0.25, -0.2) is 0 Å². The molecule has 1 N–H and O–H groups in total. The van der Waals surface area contributed by atoms with Crippen LogP contribution in [0.4, 0.5) is 0 Å². The Bertz CT molecular complexity index is 556. The first-order chi connectivity index (χ1) is 8.86. The van der Waals surface area contributed by atoms with E-state index in [0.29, 0.717) is 5.92 Å². The van der Waals surface area contributed by atoms with Crippen molar-refractivity contribution in [3.8, 4) is 5.75 Å². The number of aliphatic hydroxyl groups is 1. The van der Waals surface area contributed by atoms with Crippen molar-refractivity contribution < 1.29 is 9.84 Å². The molecule has 1 saturated carbocycles. The lowest BCUT2D eigenvalue weighted by molar-refractivity contribution is 0.157. The van der Waals surface area contributed by atoms with E-state index in [1.54, 1.807) is 0 Å². The average Bonchev–Trinajstić information content (AvgIpc) is 3.00. The lowest BCUT2D eigenvalue weighted by Crippen LogP contribution is -2.28. The normalized spacial score (nSPS) is 31.2. The van der Waals surface area contributed by atoms with Crippen molar-refractivity contribution in [1.29, 1.82) is 0 Å². The van der Waals surface area contributed by atoms with E-state index in [4.69, 9.17) is 4.74 Å². The minimum absolute atomic E-state index is 0.131. The number of hydrogen-bond donors (Lipinski definition) is 1. The molecule has 1 aliphatic heterocycles. The smallest absolute Gasteiger partial charge is 0.128 e. The summed E-state index contributed by atoms with van der Waals surface area (Å²) < 4.78 is 6.08. The van der Waals surface area contributed by atoms with Gasteiger partial charge in [0.05, 0.1) is 0 Å². The molecule has 0 aromatic heterocycles. The van der Waals surface area contributed by atoms with Crippen LogP contribution in [-0.4, -0.2) is 17.3 Å². The quantitative estimate of drug-likeness (QED) is 0.879. The van der Waals surface area contributed by atoms with Crippen molar-refractivity contribution >= 4 is 5.57 Å². The first kappa shape index (κ1) is 12.7. The summed E-state index contributed by atoms with van der Waals surface area (Å²) in [7, 11) is 0. The number of hydrogen-bond acceptors (Lipinski definition) is 2. The third kappa shape index (κ3) is 1.99. The van der Waals surface area contributed by atoms with Crippen LogP contribution in [0.5, 0.6) is 5.75 Å². The van der Waals surface area contributed by atoms with Gasteiger partial charge in [0, 0.05) is 12.2 Å². The molecule has 1 aromatic rings. The summed E-state index contributed by atoms with van der Waals surface area (Å²) in [5, 5.41) is 9.33. The van der Waals surface area contributed by atoms with E-state index in [2.05, 4.69) is 52.0 Å². The minimum Gasteiger partial charge on any atom is -0.483 e. The van der Waals surface area contributed by atoms with E-state index in [9.17, 15) is 5.11 Å². The second-order valence-electron chi connectivity index (χ2n) is 6.74. The van der Waals surface area contributed by atoms with Crippen LogP contribution in [0.25, 0.3) is 5.57 Å². The fourth-order valence-corrected chi connectivity index (χ4v) is 3.27. The summed E-state index contributed by atoms with van der Waals surface area (Å²) in [6.07, 6.45) is 3.24. The van der Waals surface area contributed by atoms with Crippen LogP contribution in [0.1, 0.15) is 45.2 Å². The van der Waals surface area contributed by atoms with E-state index in [1.807, 2.05) is 0 Å². The van der Waals surface area contributed by atoms with E-state index in [-0.39, 0.29) is 17.6 Å². The average molecular weight is 258 g/mol. The van der Waals surface area contributed by atoms with Crippen molar-refractivity contribution in [2.75, 3.05) is 6.61 Å². The van der Waals surface area contributed by atoms with Gasteiger partial charge in [0.15, 0.2) is 0 Å². The molecule has 0 unspecified atom stereocenters. The molecule has 1 aliphatic carbocycles. The topological polar surface area (TPSA) is 29.5 Å². The van der Waals surface area contributed by atoms with Crippen LogP contribution in [0.3, 0.4) is 0 Å². The molecule has 2 atom stereocenters. The standard InChI is InChI=1S/C17H22O2/c1-11-8-16(2,3)19-15-7-12(5-6-14(11)15)17(4)9-13(17)10-18/h5-8,13,18H,9-10H2,1-4H3/t13-,17+/m0/s1. The zero-order valence-corrected chi connectivity index (χ0v) is 12.2. The molecule has 2 heteroatoms. The monoisotopic (exact) mass is 258 g/mol. The van der Waals surface area contributed by atoms with Gasteiger partial charge in [-0.05, 0) is 61.8 Å². The van der Waals surface area contributed by atoms with Gasteiger partial charge in [0.1, 0.15) is 11.4 Å². The fraction of sp³-hybridized carbons (Fsp3) is 0.529. The summed E-state index contributed by atoms with van der Waals surface area (Å²) >= 11 is 0. The van der Waals surface area contributed by atoms with Gasteiger partial charge in [0.25, 0.3) is 0 Å². The van der Waals surface area contributed by atoms with Crippen LogP contribution in [0.2, 0.25) is 0 Å². The summed E-state index contributed by atoms with van der Waals surface area (Å²) in [5.74, 6) is 1.38. The predicted molar refractivity (Wildman–Crippen MR) is 77.3 cm³/mol. The third-order valence-electron chi connectivity index (χ3n) is 4.63. The Hall–Kier alpha value is -1.28. The first-order valence-corrected chi connectivity index (χ1v) is 7.00. The molecular weight excluding hydrogens is 236 g/mol. The number of aliphatic hydroxyl groups excluding tert-OH is 1. The molecular formula is C17H22O2. The molecule has 0 radical (unpaired) electrons. The van der Waals surface area contributed by atoms with Gasteiger partial charge in [-0.3, -0.25) is 0 Å². The van der Waals surface area contributed by atoms with Gasteiger partial charge < -0.3 is 9.84 Å². The van der Waals surface area contributed by atoms with Gasteiger partial charge in [-0.2, -0.15) is 0 Å². The Morgan fingerprint density at radius 3 is 2.68 bits per heavy atom. The second-order valence-corrected chi connectivity index (χ2v) is 6.74. The highest BCUT2D eigenvalue weighted by molar-refractivity contribution is 5.72. The lowest BCUT2D eigenvalue weighted by atomic mass is 9.90. The van der Waals surface area contributed by atoms with Gasteiger partial charge in [-0.1, -0.05) is 19.1 Å². The van der Waals surface area contributed by atoms with E-state index < -0.39 is 0 Å². The van der Waals surface area contributed by atoms with Crippen molar-refractivity contribution in [1.82, 2.24) is 0 Å². The SMILES string of the molecule is CC1=CC(C)(C)Oc2cc([C@@]3(C)C[C@H]3CO)ccc21. The summed E-state index contributed by atoms with van der Waals surface area (Å²) in [4.78, 5) is 0. The number of ether oxygens (including phenoxy) is 1. The Labute approximate surface area is 115 Å². The molecule has 1 heterocycles. The van der Waals surface area contributed by atoms with Crippen LogP contribution in [0, 0.1) is 5.92 Å². The van der Waals surface area contributed by atoms with E-state index >= 15 is 0 Å². The van der Waals surface area contributed by atoms with Gasteiger partial charge in [-0.15, -0.1) is 0 Å². The van der Waals surface area contributed by atoms with Gasteiger partial charge >= 0.3 is 0 Å².